The molecule has 0 fully saturated rings. The van der Waals surface area contributed by atoms with Gasteiger partial charge in [-0.2, -0.15) is 0 Å². The molecule has 2 heterocycles. The number of unbranched alkanes of at least 4 members (excludes halogenated alkanes) is 1. The van der Waals surface area contributed by atoms with E-state index in [2.05, 4.69) is 40.2 Å². The quantitative estimate of drug-likeness (QED) is 0.795. The number of carbonyl (C=O) groups is 1. The third-order valence-electron chi connectivity index (χ3n) is 3.75. The summed E-state index contributed by atoms with van der Waals surface area (Å²) >= 11 is 5.06. The van der Waals surface area contributed by atoms with Crippen LogP contribution in [0, 0.1) is 0 Å². The molecule has 1 atom stereocenters. The fourth-order valence-corrected chi connectivity index (χ4v) is 3.86. The van der Waals surface area contributed by atoms with Gasteiger partial charge in [-0.25, -0.2) is 5.01 Å². The van der Waals surface area contributed by atoms with Crippen LogP contribution in [-0.2, 0) is 4.79 Å². The molecule has 0 saturated heterocycles. The van der Waals surface area contributed by atoms with E-state index in [9.17, 15) is 4.79 Å². The van der Waals surface area contributed by atoms with Gasteiger partial charge in [0.25, 0.3) is 5.91 Å². The van der Waals surface area contributed by atoms with Gasteiger partial charge in [-0.05, 0) is 31.0 Å². The molecule has 1 aromatic rings. The monoisotopic (exact) mass is 394 g/mol. The van der Waals surface area contributed by atoms with E-state index in [0.29, 0.717) is 10.9 Å². The van der Waals surface area contributed by atoms with Crippen molar-refractivity contribution in [3.05, 3.63) is 33.2 Å². The van der Waals surface area contributed by atoms with Gasteiger partial charge in [-0.1, -0.05) is 48.0 Å². The molecule has 23 heavy (non-hydrogen) atoms. The van der Waals surface area contributed by atoms with Crippen molar-refractivity contribution in [2.75, 3.05) is 5.75 Å². The highest BCUT2D eigenvalue weighted by Crippen LogP contribution is 2.22. The van der Waals surface area contributed by atoms with E-state index in [1.807, 2.05) is 18.2 Å². The lowest BCUT2D eigenvalue weighted by molar-refractivity contribution is -0.116. The summed E-state index contributed by atoms with van der Waals surface area (Å²) in [6.45, 7) is 4.21. The predicted octanol–water partition coefficient (Wildman–Crippen LogP) is 2.16. The number of hydrogen-bond donors (Lipinski definition) is 1. The highest BCUT2D eigenvalue weighted by atomic mass is 79.9. The van der Waals surface area contributed by atoms with Gasteiger partial charge < -0.3 is 0 Å². The second-order valence-electron chi connectivity index (χ2n) is 5.43. The maximum Gasteiger partial charge on any atom is 0.276 e. The molecule has 0 radical (unpaired) electrons. The lowest BCUT2D eigenvalue weighted by Crippen LogP contribution is -2.52. The molecule has 7 heteroatoms. The van der Waals surface area contributed by atoms with Crippen LogP contribution in [0.1, 0.15) is 33.1 Å². The normalized spacial score (nSPS) is 19.5. The highest BCUT2D eigenvalue weighted by Gasteiger charge is 2.32. The Hall–Kier alpha value is -1.34. The minimum Gasteiger partial charge on any atom is -0.298 e. The fraction of sp³-hybridized carbons (Fsp3) is 0.438. The zero-order valence-electron chi connectivity index (χ0n) is 13.2. The zero-order valence-corrected chi connectivity index (χ0v) is 15.6. The highest BCUT2D eigenvalue weighted by molar-refractivity contribution is 9.10. The van der Waals surface area contributed by atoms with E-state index in [-0.39, 0.29) is 12.1 Å². The minimum atomic E-state index is -0.133. The molecule has 122 valence electrons. The lowest BCUT2D eigenvalue weighted by atomic mass is 10.1. The SMILES string of the molecule is CCCCSC1=NN2C(=c3cc(Br)ccc3=N[C@H]2CC)C(=O)N1. The molecule has 1 amide bonds. The van der Waals surface area contributed by atoms with Crippen LogP contribution in [0.2, 0.25) is 0 Å². The summed E-state index contributed by atoms with van der Waals surface area (Å²) in [7, 11) is 0. The summed E-state index contributed by atoms with van der Waals surface area (Å²) in [5.74, 6) is 0.848. The van der Waals surface area contributed by atoms with E-state index in [0.717, 1.165) is 40.1 Å². The average molecular weight is 395 g/mol. The predicted molar refractivity (Wildman–Crippen MR) is 97.2 cm³/mol. The summed E-state index contributed by atoms with van der Waals surface area (Å²) < 4.78 is 0.925. The van der Waals surface area contributed by atoms with Crippen molar-refractivity contribution >= 4 is 44.5 Å². The van der Waals surface area contributed by atoms with Gasteiger partial charge in [0.2, 0.25) is 0 Å². The minimum absolute atomic E-state index is 0.105. The zero-order chi connectivity index (χ0) is 16.4. The Morgan fingerprint density at radius 1 is 1.39 bits per heavy atom. The second kappa shape index (κ2) is 7.05. The Labute approximate surface area is 148 Å². The number of amidine groups is 1. The van der Waals surface area contributed by atoms with Crippen molar-refractivity contribution in [2.24, 2.45) is 10.1 Å². The molecule has 2 aliphatic heterocycles. The molecule has 0 spiro atoms. The van der Waals surface area contributed by atoms with Crippen molar-refractivity contribution < 1.29 is 4.79 Å². The molecule has 0 bridgehead atoms. The van der Waals surface area contributed by atoms with Crippen molar-refractivity contribution in [2.45, 2.75) is 39.3 Å². The molecular formula is C16H19BrN4OS. The van der Waals surface area contributed by atoms with Crippen LogP contribution >= 0.6 is 27.7 Å². The van der Waals surface area contributed by atoms with E-state index in [1.54, 1.807) is 16.8 Å². The number of thioether (sulfide) groups is 1. The lowest BCUT2D eigenvalue weighted by Gasteiger charge is -2.33. The van der Waals surface area contributed by atoms with E-state index in [1.165, 1.54) is 0 Å². The first-order chi connectivity index (χ1) is 11.1. The van der Waals surface area contributed by atoms with Crippen molar-refractivity contribution in [3.8, 4) is 0 Å². The fourth-order valence-electron chi connectivity index (χ4n) is 2.56. The van der Waals surface area contributed by atoms with Gasteiger partial charge in [0.15, 0.2) is 5.17 Å². The standard InChI is InChI=1S/C16H19BrN4OS/c1-3-5-8-23-16-19-15(22)14-11-9-10(17)6-7-12(11)18-13(4-2)21(14)20-16/h6-7,9,13H,3-5,8H2,1-2H3,(H,19,20,22)/t13-/m1/s1. The molecule has 1 aromatic carbocycles. The number of benzene rings is 1. The third-order valence-corrected chi connectivity index (χ3v) is 5.19. The van der Waals surface area contributed by atoms with Crippen LogP contribution in [0.4, 0.5) is 0 Å². The second-order valence-corrected chi connectivity index (χ2v) is 7.43. The molecule has 0 saturated carbocycles. The van der Waals surface area contributed by atoms with Crippen LogP contribution in [0.3, 0.4) is 0 Å². The molecule has 3 rings (SSSR count). The summed E-state index contributed by atoms with van der Waals surface area (Å²) in [4.78, 5) is 17.4. The first-order valence-corrected chi connectivity index (χ1v) is 9.61. The molecule has 0 unspecified atom stereocenters. The van der Waals surface area contributed by atoms with Gasteiger partial charge in [-0.15, -0.1) is 5.10 Å². The van der Waals surface area contributed by atoms with Gasteiger partial charge in [0.05, 0.1) is 5.36 Å². The van der Waals surface area contributed by atoms with Crippen LogP contribution in [0.15, 0.2) is 32.8 Å². The third kappa shape index (κ3) is 3.30. The van der Waals surface area contributed by atoms with Gasteiger partial charge >= 0.3 is 0 Å². The number of rotatable bonds is 4. The smallest absolute Gasteiger partial charge is 0.276 e. The largest absolute Gasteiger partial charge is 0.298 e. The Balaban J connectivity index is 2.06. The maximum atomic E-state index is 12.7. The van der Waals surface area contributed by atoms with Crippen LogP contribution < -0.4 is 15.9 Å². The maximum absolute atomic E-state index is 12.7. The summed E-state index contributed by atoms with van der Waals surface area (Å²) in [5.41, 5.74) is 0.586. The Kier molecular flexibility index (Phi) is 5.06. The molecule has 0 aromatic heterocycles. The first-order valence-electron chi connectivity index (χ1n) is 7.83. The van der Waals surface area contributed by atoms with Crippen molar-refractivity contribution in [1.82, 2.24) is 10.3 Å². The average Bonchev–Trinajstić information content (AvgIpc) is 2.54. The molecular weight excluding hydrogens is 376 g/mol. The van der Waals surface area contributed by atoms with Gasteiger partial charge in [-0.3, -0.25) is 15.1 Å². The molecule has 1 N–H and O–H groups in total. The summed E-state index contributed by atoms with van der Waals surface area (Å²) in [6, 6.07) is 5.81. The first kappa shape index (κ1) is 16.5. The number of nitrogens with one attached hydrogen (secondary N) is 1. The van der Waals surface area contributed by atoms with E-state index in [4.69, 9.17) is 4.99 Å². The van der Waals surface area contributed by atoms with Gasteiger partial charge in [0.1, 0.15) is 11.9 Å². The topological polar surface area (TPSA) is 57.1 Å². The summed E-state index contributed by atoms with van der Waals surface area (Å²) in [6.07, 6.45) is 2.89. The van der Waals surface area contributed by atoms with Crippen molar-refractivity contribution in [3.63, 3.8) is 0 Å². The number of fused-ring (bicyclic) bond motifs is 2. The molecule has 0 aliphatic carbocycles. The molecule has 2 aliphatic rings. The number of hydrazone groups is 1. The Morgan fingerprint density at radius 2 is 2.22 bits per heavy atom. The van der Waals surface area contributed by atoms with E-state index < -0.39 is 0 Å². The number of hydrogen-bond acceptors (Lipinski definition) is 5. The summed E-state index contributed by atoms with van der Waals surface area (Å²) in [5, 5.41) is 11.7. The Bertz CT molecular complexity index is 777. The van der Waals surface area contributed by atoms with Crippen LogP contribution in [-0.4, -0.2) is 28.0 Å². The van der Waals surface area contributed by atoms with Crippen LogP contribution in [0.25, 0.3) is 5.70 Å². The Morgan fingerprint density at radius 3 is 2.96 bits per heavy atom. The number of amides is 1. The number of carbonyl (C=O) groups excluding carboxylic acids is 1. The van der Waals surface area contributed by atoms with Crippen LogP contribution in [0.5, 0.6) is 0 Å². The number of nitrogens with zero attached hydrogens (tertiary/aromatic N) is 3. The molecule has 5 nitrogen and oxygen atoms in total. The number of halogens is 1. The van der Waals surface area contributed by atoms with E-state index >= 15 is 0 Å². The van der Waals surface area contributed by atoms with Gasteiger partial charge in [0, 0.05) is 15.4 Å². The van der Waals surface area contributed by atoms with Crippen molar-refractivity contribution in [1.29, 1.82) is 0 Å².